The van der Waals surface area contributed by atoms with Crippen molar-refractivity contribution in [3.05, 3.63) is 21.9 Å². The fourth-order valence-electron chi connectivity index (χ4n) is 1.54. The van der Waals surface area contributed by atoms with E-state index in [4.69, 9.17) is 11.6 Å². The quantitative estimate of drug-likeness (QED) is 0.839. The van der Waals surface area contributed by atoms with Crippen LogP contribution in [0.4, 0.5) is 0 Å². The van der Waals surface area contributed by atoms with Crippen LogP contribution in [0.1, 0.15) is 23.6 Å². The van der Waals surface area contributed by atoms with E-state index in [2.05, 4.69) is 0 Å². The molecule has 0 radical (unpaired) electrons. The molecule has 0 aliphatic rings. The monoisotopic (exact) mass is 275 g/mol. The predicted molar refractivity (Wildman–Crippen MR) is 71.5 cm³/mol. The van der Waals surface area contributed by atoms with Gasteiger partial charge in [-0.2, -0.15) is 0 Å². The summed E-state index contributed by atoms with van der Waals surface area (Å²) in [7, 11) is 0. The maximum absolute atomic E-state index is 11.7. The number of hydrogen-bond donors (Lipinski definition) is 1. The van der Waals surface area contributed by atoms with E-state index < -0.39 is 5.60 Å². The highest BCUT2D eigenvalue weighted by Gasteiger charge is 2.22. The molecule has 5 heteroatoms. The van der Waals surface area contributed by atoms with Crippen molar-refractivity contribution in [3.63, 3.8) is 0 Å². The van der Waals surface area contributed by atoms with Gasteiger partial charge in [-0.3, -0.25) is 4.79 Å². The summed E-state index contributed by atoms with van der Waals surface area (Å²) in [6.45, 7) is 6.18. The van der Waals surface area contributed by atoms with Crippen LogP contribution in [0.2, 0.25) is 0 Å². The van der Waals surface area contributed by atoms with Gasteiger partial charge in [-0.1, -0.05) is 0 Å². The maximum atomic E-state index is 11.7. The zero-order valence-electron chi connectivity index (χ0n) is 10.4. The molecule has 0 aliphatic carbocycles. The Hall–Kier alpha value is -0.580. The molecule has 1 aromatic rings. The minimum absolute atomic E-state index is 0.0551. The van der Waals surface area contributed by atoms with E-state index in [1.54, 1.807) is 30.1 Å². The van der Waals surface area contributed by atoms with E-state index >= 15 is 0 Å². The van der Waals surface area contributed by atoms with Crippen LogP contribution in [-0.4, -0.2) is 33.9 Å². The van der Waals surface area contributed by atoms with Gasteiger partial charge >= 0.3 is 0 Å². The fraction of sp³-hybridized carbons (Fsp3) is 0.583. The molecule has 1 aromatic heterocycles. The summed E-state index contributed by atoms with van der Waals surface area (Å²) in [5.41, 5.74) is -0.909. The molecule has 1 amide bonds. The Morgan fingerprint density at radius 3 is 2.59 bits per heavy atom. The summed E-state index contributed by atoms with van der Waals surface area (Å²) >= 11 is 7.23. The Balaban J connectivity index is 2.73. The van der Waals surface area contributed by atoms with Gasteiger partial charge in [0.15, 0.2) is 0 Å². The van der Waals surface area contributed by atoms with Crippen LogP contribution in [0.5, 0.6) is 0 Å². The van der Waals surface area contributed by atoms with Gasteiger partial charge in [0.1, 0.15) is 5.88 Å². The summed E-state index contributed by atoms with van der Waals surface area (Å²) in [6, 6.07) is 4.02. The van der Waals surface area contributed by atoms with Crippen molar-refractivity contribution in [2.24, 2.45) is 0 Å². The van der Waals surface area contributed by atoms with Gasteiger partial charge in [0, 0.05) is 16.3 Å². The third-order valence-corrected chi connectivity index (χ3v) is 3.40. The lowest BCUT2D eigenvalue weighted by atomic mass is 10.1. The summed E-state index contributed by atoms with van der Waals surface area (Å²) in [4.78, 5) is 15.6. The van der Waals surface area contributed by atoms with Crippen molar-refractivity contribution in [3.8, 4) is 0 Å². The molecule has 96 valence electrons. The number of halogens is 1. The largest absolute Gasteiger partial charge is 0.389 e. The molecular formula is C12H18ClNO2S. The Labute approximate surface area is 111 Å². The van der Waals surface area contributed by atoms with Crippen LogP contribution in [0.3, 0.4) is 0 Å². The first-order valence-electron chi connectivity index (χ1n) is 5.43. The molecule has 0 aromatic carbocycles. The predicted octanol–water partition coefficient (Wildman–Crippen LogP) is 2.39. The molecular weight excluding hydrogens is 258 g/mol. The van der Waals surface area contributed by atoms with Crippen LogP contribution in [0.25, 0.3) is 0 Å². The van der Waals surface area contributed by atoms with Crippen LogP contribution < -0.4 is 0 Å². The number of carbonyl (C=O) groups is 1. The second-order valence-electron chi connectivity index (χ2n) is 4.71. The molecule has 1 N–H and O–H groups in total. The smallest absolute Gasteiger partial charge is 0.237 e. The average Bonchev–Trinajstić information content (AvgIpc) is 2.60. The first-order valence-corrected chi connectivity index (χ1v) is 6.78. The van der Waals surface area contributed by atoms with E-state index in [9.17, 15) is 9.90 Å². The third kappa shape index (κ3) is 5.06. The molecule has 0 unspecified atom stereocenters. The Morgan fingerprint density at radius 2 is 2.18 bits per heavy atom. The Kier molecular flexibility index (Phi) is 4.98. The zero-order chi connectivity index (χ0) is 13.1. The van der Waals surface area contributed by atoms with Gasteiger partial charge in [0.05, 0.1) is 12.1 Å². The minimum Gasteiger partial charge on any atom is -0.389 e. The number of rotatable bonds is 5. The number of amides is 1. The number of thiophene rings is 1. The lowest BCUT2D eigenvalue weighted by Gasteiger charge is -2.28. The highest BCUT2D eigenvalue weighted by Crippen LogP contribution is 2.18. The van der Waals surface area contributed by atoms with Crippen molar-refractivity contribution in [1.82, 2.24) is 4.90 Å². The molecule has 1 heterocycles. The van der Waals surface area contributed by atoms with Crippen molar-refractivity contribution >= 4 is 28.8 Å². The van der Waals surface area contributed by atoms with Crippen molar-refractivity contribution in [2.75, 3.05) is 12.4 Å². The molecule has 0 atom stereocenters. The van der Waals surface area contributed by atoms with Crippen molar-refractivity contribution < 1.29 is 9.90 Å². The number of carbonyl (C=O) groups excluding carboxylic acids is 1. The van der Waals surface area contributed by atoms with Crippen LogP contribution in [0.15, 0.2) is 12.1 Å². The van der Waals surface area contributed by atoms with Crippen molar-refractivity contribution in [1.29, 1.82) is 0 Å². The maximum Gasteiger partial charge on any atom is 0.237 e. The van der Waals surface area contributed by atoms with Gasteiger partial charge in [-0.15, -0.1) is 22.9 Å². The number of aliphatic hydroxyl groups is 1. The topological polar surface area (TPSA) is 40.5 Å². The number of nitrogens with zero attached hydrogens (tertiary/aromatic N) is 1. The number of alkyl halides is 1. The molecule has 0 fully saturated rings. The lowest BCUT2D eigenvalue weighted by molar-refractivity contribution is -0.132. The number of hydrogen-bond acceptors (Lipinski definition) is 3. The van der Waals surface area contributed by atoms with Crippen molar-refractivity contribution in [2.45, 2.75) is 32.9 Å². The third-order valence-electron chi connectivity index (χ3n) is 2.19. The van der Waals surface area contributed by atoms with E-state index in [1.807, 2.05) is 19.1 Å². The van der Waals surface area contributed by atoms with E-state index in [0.29, 0.717) is 6.54 Å². The van der Waals surface area contributed by atoms with Crippen LogP contribution >= 0.6 is 22.9 Å². The molecule has 0 saturated carbocycles. The van der Waals surface area contributed by atoms with Gasteiger partial charge < -0.3 is 10.0 Å². The Morgan fingerprint density at radius 1 is 1.53 bits per heavy atom. The number of aryl methyl sites for hydroxylation is 1. The minimum atomic E-state index is -0.909. The molecule has 0 bridgehead atoms. The fourth-order valence-corrected chi connectivity index (χ4v) is 2.62. The highest BCUT2D eigenvalue weighted by atomic mass is 35.5. The van der Waals surface area contributed by atoms with E-state index in [-0.39, 0.29) is 18.3 Å². The zero-order valence-corrected chi connectivity index (χ0v) is 11.9. The lowest BCUT2D eigenvalue weighted by Crippen LogP contribution is -2.42. The van der Waals surface area contributed by atoms with E-state index in [0.717, 1.165) is 4.88 Å². The van der Waals surface area contributed by atoms with Crippen LogP contribution in [-0.2, 0) is 11.3 Å². The molecule has 0 spiro atoms. The van der Waals surface area contributed by atoms with Gasteiger partial charge in [-0.25, -0.2) is 0 Å². The second kappa shape index (κ2) is 5.85. The second-order valence-corrected chi connectivity index (χ2v) is 6.35. The summed E-state index contributed by atoms with van der Waals surface area (Å²) < 4.78 is 0. The molecule has 0 aliphatic heterocycles. The van der Waals surface area contributed by atoms with Gasteiger partial charge in [0.25, 0.3) is 0 Å². The van der Waals surface area contributed by atoms with Crippen LogP contribution in [0, 0.1) is 6.92 Å². The van der Waals surface area contributed by atoms with Gasteiger partial charge in [-0.05, 0) is 32.9 Å². The highest BCUT2D eigenvalue weighted by molar-refractivity contribution is 7.11. The Bertz CT molecular complexity index is 384. The van der Waals surface area contributed by atoms with Gasteiger partial charge in [0.2, 0.25) is 5.91 Å². The average molecular weight is 276 g/mol. The molecule has 1 rings (SSSR count). The first-order chi connectivity index (χ1) is 7.81. The molecule has 17 heavy (non-hydrogen) atoms. The molecule has 0 saturated heterocycles. The summed E-state index contributed by atoms with van der Waals surface area (Å²) in [5.74, 6) is -0.208. The summed E-state index contributed by atoms with van der Waals surface area (Å²) in [6.07, 6.45) is 0. The standard InChI is InChI=1S/C12H18ClNO2S/c1-9-4-5-10(17-9)7-14(11(15)6-13)8-12(2,3)16/h4-5,16H,6-8H2,1-3H3. The van der Waals surface area contributed by atoms with E-state index in [1.165, 1.54) is 4.88 Å². The summed E-state index contributed by atoms with van der Waals surface area (Å²) in [5, 5.41) is 9.78. The molecule has 3 nitrogen and oxygen atoms in total. The SMILES string of the molecule is Cc1ccc(CN(CC(C)(C)O)C(=O)CCl)s1. The normalized spacial score (nSPS) is 11.6. The first kappa shape index (κ1) is 14.5.